The molecule has 6 atom stereocenters. The monoisotopic (exact) mass is 561 g/mol. The number of likely N-dealkylation sites (tertiary alicyclic amines) is 1. The molecule has 3 saturated heterocycles. The highest BCUT2D eigenvalue weighted by Gasteiger charge is 2.46. The Morgan fingerprint density at radius 2 is 1.97 bits per heavy atom. The molecule has 12 nitrogen and oxygen atoms in total. The Morgan fingerprint density at radius 1 is 1.18 bits per heavy atom. The lowest BCUT2D eigenvalue weighted by atomic mass is 9.96. The van der Waals surface area contributed by atoms with Crippen molar-refractivity contribution in [3.8, 4) is 0 Å². The van der Waals surface area contributed by atoms with Crippen LogP contribution in [0.5, 0.6) is 0 Å². The number of nitrogens with one attached hydrogen (secondary N) is 4. The third-order valence-corrected chi connectivity index (χ3v) is 10.0. The number of benzene rings is 1. The molecule has 13 heteroatoms. The summed E-state index contributed by atoms with van der Waals surface area (Å²) in [6.07, 6.45) is 3.66. The van der Waals surface area contributed by atoms with Gasteiger partial charge in [0.05, 0.1) is 11.7 Å². The number of sulfonamides is 1. The van der Waals surface area contributed by atoms with Gasteiger partial charge in [-0.25, -0.2) is 8.42 Å². The van der Waals surface area contributed by atoms with E-state index in [4.69, 9.17) is 11.1 Å². The molecule has 4 aliphatic rings. The Bertz CT molecular complexity index is 1240. The number of nitrogens with zero attached hydrogens (tertiary/aromatic N) is 2. The number of fused-ring (bicyclic) bond motifs is 2. The number of carbonyl (C=O) groups excluding carboxylic acids is 2. The molecule has 4 aliphatic heterocycles. The molecule has 3 fully saturated rings. The Balaban J connectivity index is 1.32. The third kappa shape index (κ3) is 5.44. The van der Waals surface area contributed by atoms with Crippen LogP contribution in [0.4, 0.5) is 5.69 Å². The van der Waals surface area contributed by atoms with Gasteiger partial charge in [-0.3, -0.25) is 15.0 Å². The summed E-state index contributed by atoms with van der Waals surface area (Å²) in [5.41, 5.74) is 7.10. The molecule has 5 rings (SSSR count). The minimum Gasteiger partial charge on any atom is -0.383 e. The number of amides is 2. The highest BCUT2D eigenvalue weighted by atomic mass is 32.2. The normalized spacial score (nSPS) is 31.1. The molecule has 0 radical (unpaired) electrons. The van der Waals surface area contributed by atoms with E-state index in [9.17, 15) is 23.1 Å². The largest absolute Gasteiger partial charge is 0.383 e. The molecule has 0 bridgehead atoms. The number of hydrogen-bond donors (Lipinski definition) is 6. The summed E-state index contributed by atoms with van der Waals surface area (Å²) >= 11 is 0. The van der Waals surface area contributed by atoms with E-state index < -0.39 is 34.4 Å². The van der Waals surface area contributed by atoms with Gasteiger partial charge in [-0.15, -0.1) is 0 Å². The zero-order chi connectivity index (χ0) is 27.9. The maximum Gasteiger partial charge on any atom is 0.243 e. The number of nitrogens with two attached hydrogens (primary N) is 1. The van der Waals surface area contributed by atoms with Gasteiger partial charge in [-0.1, -0.05) is 19.1 Å². The van der Waals surface area contributed by atoms with Crippen molar-refractivity contribution in [2.45, 2.75) is 93.6 Å². The number of guanidine groups is 1. The van der Waals surface area contributed by atoms with Gasteiger partial charge in [0.2, 0.25) is 21.8 Å². The molecule has 1 aromatic rings. The number of para-hydroxylation sites is 1. The van der Waals surface area contributed by atoms with Crippen molar-refractivity contribution >= 4 is 33.5 Å². The minimum absolute atomic E-state index is 0.137. The standard InChI is InChI=1S/C26H39N7O5S/c1-15-13-16-5-2-9-21(22(16)29-14-15)39(37,38)31-19-7-3-6-17-10-11-20(33(17)25(19)36)23(34)30-18-8-4-12-32(24(18)35)26(27)28/h2,5,9,15,17-20,24,29,31,35H,3-4,6-8,10-14H2,1H3,(H3,27,28)(H,30,34)/t15?,17-,18-,19-,20-,24?/m0/s1. The predicted octanol–water partition coefficient (Wildman–Crippen LogP) is 0.274. The number of carbonyl (C=O) groups is 2. The Morgan fingerprint density at radius 3 is 2.74 bits per heavy atom. The quantitative estimate of drug-likeness (QED) is 0.219. The van der Waals surface area contributed by atoms with Gasteiger partial charge in [0.1, 0.15) is 23.2 Å². The van der Waals surface area contributed by atoms with Crippen molar-refractivity contribution in [2.24, 2.45) is 11.7 Å². The SMILES string of the molecule is CC1CNc2c(cccc2S(=O)(=O)N[C@H]2CCC[C@H]3CC[C@@H](C(=O)N[C@H]4CCCN(C(=N)N)C4O)N3C2=O)C1. The molecule has 0 aromatic heterocycles. The smallest absolute Gasteiger partial charge is 0.243 e. The third-order valence-electron chi connectivity index (χ3n) is 8.51. The minimum atomic E-state index is -4.01. The van der Waals surface area contributed by atoms with Gasteiger partial charge < -0.3 is 31.3 Å². The zero-order valence-electron chi connectivity index (χ0n) is 22.2. The van der Waals surface area contributed by atoms with Gasteiger partial charge in [0, 0.05) is 19.1 Å². The van der Waals surface area contributed by atoms with Crippen LogP contribution in [0.25, 0.3) is 0 Å². The number of rotatable bonds is 5. The maximum atomic E-state index is 13.8. The van der Waals surface area contributed by atoms with Gasteiger partial charge in [-0.2, -0.15) is 4.72 Å². The number of anilines is 1. The number of piperidine rings is 1. The molecular weight excluding hydrogens is 522 g/mol. The van der Waals surface area contributed by atoms with Crippen LogP contribution in [0.3, 0.4) is 0 Å². The fourth-order valence-electron chi connectivity index (χ4n) is 6.54. The molecule has 0 spiro atoms. The van der Waals surface area contributed by atoms with E-state index in [2.05, 4.69) is 22.3 Å². The average molecular weight is 562 g/mol. The predicted molar refractivity (Wildman–Crippen MR) is 145 cm³/mol. The lowest BCUT2D eigenvalue weighted by molar-refractivity contribution is -0.142. The second kappa shape index (κ2) is 10.9. The topological polar surface area (TPSA) is 181 Å². The van der Waals surface area contributed by atoms with Crippen molar-refractivity contribution in [1.29, 1.82) is 5.41 Å². The maximum absolute atomic E-state index is 13.8. The van der Waals surface area contributed by atoms with E-state index in [-0.39, 0.29) is 28.7 Å². The zero-order valence-corrected chi connectivity index (χ0v) is 23.0. The molecule has 2 amide bonds. The van der Waals surface area contributed by atoms with Crippen molar-refractivity contribution in [2.75, 3.05) is 18.4 Å². The second-order valence-electron chi connectivity index (χ2n) is 11.3. The fourth-order valence-corrected chi connectivity index (χ4v) is 7.99. The number of hydrogen-bond acceptors (Lipinski definition) is 7. The average Bonchev–Trinajstić information content (AvgIpc) is 3.25. The van der Waals surface area contributed by atoms with Crippen LogP contribution in [0.15, 0.2) is 23.1 Å². The lowest BCUT2D eigenvalue weighted by Crippen LogP contribution is -2.61. The van der Waals surface area contributed by atoms with E-state index >= 15 is 0 Å². The van der Waals surface area contributed by atoms with E-state index in [1.807, 2.05) is 6.07 Å². The van der Waals surface area contributed by atoms with E-state index in [1.54, 1.807) is 17.0 Å². The Kier molecular flexibility index (Phi) is 7.75. The number of aliphatic hydroxyl groups is 1. The molecule has 0 saturated carbocycles. The Hall–Kier alpha value is -2.90. The van der Waals surface area contributed by atoms with E-state index in [1.165, 1.54) is 4.90 Å². The molecule has 4 heterocycles. The summed E-state index contributed by atoms with van der Waals surface area (Å²) in [4.78, 5) is 30.2. The first-order chi connectivity index (χ1) is 18.6. The van der Waals surface area contributed by atoms with Crippen LogP contribution in [-0.2, 0) is 26.0 Å². The highest BCUT2D eigenvalue weighted by molar-refractivity contribution is 7.89. The van der Waals surface area contributed by atoms with E-state index in [0.29, 0.717) is 69.6 Å². The molecule has 2 unspecified atom stereocenters. The van der Waals surface area contributed by atoms with Gasteiger partial charge >= 0.3 is 0 Å². The second-order valence-corrected chi connectivity index (χ2v) is 13.0. The van der Waals surface area contributed by atoms with Gasteiger partial charge in [0.15, 0.2) is 5.96 Å². The molecule has 39 heavy (non-hydrogen) atoms. The highest BCUT2D eigenvalue weighted by Crippen LogP contribution is 2.34. The summed E-state index contributed by atoms with van der Waals surface area (Å²) in [5, 5.41) is 24.4. The van der Waals surface area contributed by atoms with Crippen molar-refractivity contribution in [3.05, 3.63) is 23.8 Å². The van der Waals surface area contributed by atoms with Crippen LogP contribution >= 0.6 is 0 Å². The first kappa shape index (κ1) is 27.7. The first-order valence-corrected chi connectivity index (χ1v) is 15.3. The molecule has 0 aliphatic carbocycles. The van der Waals surface area contributed by atoms with Crippen molar-refractivity contribution < 1.29 is 23.1 Å². The molecule has 214 valence electrons. The molecular formula is C26H39N7O5S. The number of aliphatic hydroxyl groups excluding tert-OH is 1. The van der Waals surface area contributed by atoms with Gasteiger partial charge in [-0.05, 0) is 68.9 Å². The summed E-state index contributed by atoms with van der Waals surface area (Å²) in [6.45, 7) is 3.21. The van der Waals surface area contributed by atoms with E-state index in [0.717, 1.165) is 12.0 Å². The van der Waals surface area contributed by atoms with Crippen LogP contribution in [0.1, 0.15) is 57.4 Å². The van der Waals surface area contributed by atoms with Crippen LogP contribution in [0.2, 0.25) is 0 Å². The lowest BCUT2D eigenvalue weighted by Gasteiger charge is -2.39. The van der Waals surface area contributed by atoms with Crippen LogP contribution in [0, 0.1) is 11.3 Å². The van der Waals surface area contributed by atoms with Crippen LogP contribution < -0.4 is 21.1 Å². The van der Waals surface area contributed by atoms with Crippen molar-refractivity contribution in [1.82, 2.24) is 19.8 Å². The van der Waals surface area contributed by atoms with Gasteiger partial charge in [0.25, 0.3) is 0 Å². The first-order valence-electron chi connectivity index (χ1n) is 13.9. The van der Waals surface area contributed by atoms with Crippen molar-refractivity contribution in [3.63, 3.8) is 0 Å². The Labute approximate surface area is 229 Å². The summed E-state index contributed by atoms with van der Waals surface area (Å²) in [6, 6.07) is 2.72. The summed E-state index contributed by atoms with van der Waals surface area (Å²) < 4.78 is 29.8. The van der Waals surface area contributed by atoms with Crippen LogP contribution in [-0.4, -0.2) is 84.6 Å². The fraction of sp³-hybridized carbons (Fsp3) is 0.654. The summed E-state index contributed by atoms with van der Waals surface area (Å²) in [5.74, 6) is -0.634. The molecule has 7 N–H and O–H groups in total. The summed E-state index contributed by atoms with van der Waals surface area (Å²) in [7, 11) is -4.01. The molecule has 1 aromatic carbocycles.